The van der Waals surface area contributed by atoms with Crippen LogP contribution in [0, 0.1) is 5.92 Å². The highest BCUT2D eigenvalue weighted by Crippen LogP contribution is 2.27. The fraction of sp³-hybridized carbons (Fsp3) is 0.273. The minimum Gasteiger partial charge on any atom is -0.493 e. The van der Waals surface area contributed by atoms with Crippen molar-refractivity contribution in [3.8, 4) is 11.5 Å². The second-order valence-electron chi connectivity index (χ2n) is 7.25. The molecule has 2 amide bonds. The van der Waals surface area contributed by atoms with Gasteiger partial charge in [0.1, 0.15) is 0 Å². The number of fused-ring (bicyclic) bond motifs is 1. The van der Waals surface area contributed by atoms with Crippen LogP contribution in [0.3, 0.4) is 0 Å². The van der Waals surface area contributed by atoms with Crippen LogP contribution in [-0.4, -0.2) is 35.8 Å². The van der Waals surface area contributed by atoms with Crippen LogP contribution in [0.5, 0.6) is 11.5 Å². The molecule has 31 heavy (non-hydrogen) atoms. The lowest BCUT2D eigenvalue weighted by atomic mass is 10.1. The molecule has 2 aromatic carbocycles. The summed E-state index contributed by atoms with van der Waals surface area (Å²) in [5.74, 6) is -0.162. The molecule has 0 aliphatic heterocycles. The highest BCUT2D eigenvalue weighted by Gasteiger charge is 2.18. The Morgan fingerprint density at radius 1 is 0.968 bits per heavy atom. The Morgan fingerprint density at radius 3 is 2.26 bits per heavy atom. The van der Waals surface area contributed by atoms with E-state index in [1.807, 2.05) is 13.8 Å². The van der Waals surface area contributed by atoms with Gasteiger partial charge in [0.05, 0.1) is 19.6 Å². The van der Waals surface area contributed by atoms with E-state index in [9.17, 15) is 14.4 Å². The van der Waals surface area contributed by atoms with Crippen molar-refractivity contribution in [3.63, 3.8) is 0 Å². The fourth-order valence-electron chi connectivity index (χ4n) is 3.09. The first-order chi connectivity index (χ1) is 14.8. The van der Waals surface area contributed by atoms with Gasteiger partial charge in [-0.15, -0.1) is 0 Å². The maximum absolute atomic E-state index is 12.8. The normalized spacial score (nSPS) is 10.7. The van der Waals surface area contributed by atoms with Crippen molar-refractivity contribution in [2.45, 2.75) is 20.4 Å². The van der Waals surface area contributed by atoms with Gasteiger partial charge >= 0.3 is 0 Å². The minimum atomic E-state index is -0.637. The number of benzene rings is 2. The summed E-state index contributed by atoms with van der Waals surface area (Å²) in [7, 11) is 2.96. The lowest BCUT2D eigenvalue weighted by Crippen LogP contribution is -2.43. The number of amides is 2. The first-order valence-electron chi connectivity index (χ1n) is 9.68. The van der Waals surface area contributed by atoms with Crippen molar-refractivity contribution < 1.29 is 19.1 Å². The highest BCUT2D eigenvalue weighted by atomic mass is 16.5. The number of nitrogens with one attached hydrogen (secondary N) is 2. The summed E-state index contributed by atoms with van der Waals surface area (Å²) in [5, 5.41) is 5.04. The quantitative estimate of drug-likeness (QED) is 0.587. The molecule has 0 spiro atoms. The number of rotatable bonds is 6. The van der Waals surface area contributed by atoms with Crippen LogP contribution < -0.4 is 25.9 Å². The molecular weight excluding hydrogens is 400 g/mol. The van der Waals surface area contributed by atoms with Gasteiger partial charge in [-0.3, -0.25) is 25.2 Å². The van der Waals surface area contributed by atoms with Gasteiger partial charge in [-0.25, -0.2) is 4.68 Å². The molecular formula is C22H24N4O5. The Hall–Kier alpha value is -3.88. The topological polar surface area (TPSA) is 112 Å². The molecule has 3 rings (SSSR count). The van der Waals surface area contributed by atoms with E-state index in [1.54, 1.807) is 36.4 Å². The largest absolute Gasteiger partial charge is 0.493 e. The lowest BCUT2D eigenvalue weighted by Gasteiger charge is -2.13. The predicted octanol–water partition coefficient (Wildman–Crippen LogP) is 2.14. The Morgan fingerprint density at radius 2 is 1.61 bits per heavy atom. The summed E-state index contributed by atoms with van der Waals surface area (Å²) in [6.07, 6.45) is 0. The zero-order valence-corrected chi connectivity index (χ0v) is 17.8. The van der Waals surface area contributed by atoms with E-state index in [0.717, 1.165) is 0 Å². The first kappa shape index (κ1) is 21.8. The summed E-state index contributed by atoms with van der Waals surface area (Å²) in [6, 6.07) is 11.4. The fourth-order valence-corrected chi connectivity index (χ4v) is 3.09. The molecule has 3 aromatic rings. The number of hydrogen-bond donors (Lipinski definition) is 2. The Bertz CT molecular complexity index is 1190. The summed E-state index contributed by atoms with van der Waals surface area (Å²) >= 11 is 0. The number of nitrogens with zero attached hydrogens (tertiary/aromatic N) is 2. The molecule has 0 saturated carbocycles. The van der Waals surface area contributed by atoms with Gasteiger partial charge in [0.25, 0.3) is 17.4 Å². The molecule has 0 radical (unpaired) electrons. The average molecular weight is 424 g/mol. The van der Waals surface area contributed by atoms with E-state index in [0.29, 0.717) is 28.8 Å². The van der Waals surface area contributed by atoms with Crippen LogP contribution in [-0.2, 0) is 6.54 Å². The smallest absolute Gasteiger partial charge is 0.290 e. The SMILES string of the molecule is COc1ccc(C(=O)NNC(=O)c2nn(CC(C)C)c(=O)c3ccccc23)cc1OC. The summed E-state index contributed by atoms with van der Waals surface area (Å²) in [5.41, 5.74) is 4.77. The molecule has 0 bridgehead atoms. The van der Waals surface area contributed by atoms with E-state index in [-0.39, 0.29) is 22.7 Å². The van der Waals surface area contributed by atoms with Crippen LogP contribution in [0.25, 0.3) is 10.8 Å². The van der Waals surface area contributed by atoms with Gasteiger partial charge in [0, 0.05) is 17.5 Å². The van der Waals surface area contributed by atoms with Crippen molar-refractivity contribution >= 4 is 22.6 Å². The molecule has 1 aromatic heterocycles. The molecule has 0 atom stereocenters. The standard InChI is InChI=1S/C22H24N4O5/c1-13(2)12-26-22(29)16-8-6-5-7-15(16)19(25-26)21(28)24-23-20(27)14-9-10-17(30-3)18(11-14)31-4/h5-11,13H,12H2,1-4H3,(H,23,27)(H,24,28). The second kappa shape index (κ2) is 9.29. The summed E-state index contributed by atoms with van der Waals surface area (Å²) in [4.78, 5) is 38.0. The van der Waals surface area contributed by atoms with Gasteiger partial charge in [-0.2, -0.15) is 5.10 Å². The Labute approximate surface area is 178 Å². The third kappa shape index (κ3) is 4.66. The molecule has 162 valence electrons. The molecule has 9 heteroatoms. The van der Waals surface area contributed by atoms with Crippen molar-refractivity contribution in [2.24, 2.45) is 5.92 Å². The summed E-state index contributed by atoms with van der Waals surface area (Å²) in [6.45, 7) is 4.26. The minimum absolute atomic E-state index is 0.0449. The highest BCUT2D eigenvalue weighted by molar-refractivity contribution is 6.06. The Kier molecular flexibility index (Phi) is 6.54. The third-order valence-electron chi connectivity index (χ3n) is 4.56. The predicted molar refractivity (Wildman–Crippen MR) is 115 cm³/mol. The van der Waals surface area contributed by atoms with E-state index in [1.165, 1.54) is 25.0 Å². The van der Waals surface area contributed by atoms with E-state index in [2.05, 4.69) is 16.0 Å². The second-order valence-corrected chi connectivity index (χ2v) is 7.25. The number of hydrazine groups is 1. The molecule has 0 aliphatic rings. The van der Waals surface area contributed by atoms with Crippen LogP contribution in [0.2, 0.25) is 0 Å². The van der Waals surface area contributed by atoms with Crippen molar-refractivity contribution in [2.75, 3.05) is 14.2 Å². The molecule has 1 heterocycles. The number of ether oxygens (including phenoxy) is 2. The molecule has 2 N–H and O–H groups in total. The van der Waals surface area contributed by atoms with Gasteiger partial charge in [-0.1, -0.05) is 32.0 Å². The van der Waals surface area contributed by atoms with E-state index >= 15 is 0 Å². The van der Waals surface area contributed by atoms with Crippen molar-refractivity contribution in [1.82, 2.24) is 20.6 Å². The van der Waals surface area contributed by atoms with Crippen LogP contribution >= 0.6 is 0 Å². The van der Waals surface area contributed by atoms with E-state index in [4.69, 9.17) is 9.47 Å². The first-order valence-corrected chi connectivity index (χ1v) is 9.68. The molecule has 9 nitrogen and oxygen atoms in total. The van der Waals surface area contributed by atoms with Crippen LogP contribution in [0.4, 0.5) is 0 Å². The monoisotopic (exact) mass is 424 g/mol. The number of methoxy groups -OCH3 is 2. The van der Waals surface area contributed by atoms with Crippen LogP contribution in [0.15, 0.2) is 47.3 Å². The third-order valence-corrected chi connectivity index (χ3v) is 4.56. The number of aromatic nitrogens is 2. The molecule has 0 unspecified atom stereocenters. The van der Waals surface area contributed by atoms with Gasteiger partial charge in [0.2, 0.25) is 0 Å². The zero-order chi connectivity index (χ0) is 22.5. The molecule has 0 saturated heterocycles. The maximum atomic E-state index is 12.8. The Balaban J connectivity index is 1.86. The number of carbonyl (C=O) groups excluding carboxylic acids is 2. The molecule has 0 fully saturated rings. The zero-order valence-electron chi connectivity index (χ0n) is 17.8. The van der Waals surface area contributed by atoms with Crippen LogP contribution in [0.1, 0.15) is 34.7 Å². The number of carbonyl (C=O) groups is 2. The van der Waals surface area contributed by atoms with Gasteiger partial charge in [0.15, 0.2) is 17.2 Å². The van der Waals surface area contributed by atoms with Gasteiger partial charge in [-0.05, 0) is 30.2 Å². The summed E-state index contributed by atoms with van der Waals surface area (Å²) < 4.78 is 11.6. The average Bonchev–Trinajstić information content (AvgIpc) is 2.78. The van der Waals surface area contributed by atoms with E-state index < -0.39 is 11.8 Å². The maximum Gasteiger partial charge on any atom is 0.290 e. The lowest BCUT2D eigenvalue weighted by molar-refractivity contribution is 0.0843. The van der Waals surface area contributed by atoms with Crippen molar-refractivity contribution in [1.29, 1.82) is 0 Å². The molecule has 0 aliphatic carbocycles. The van der Waals surface area contributed by atoms with Crippen molar-refractivity contribution in [3.05, 3.63) is 64.1 Å². The number of hydrogen-bond acceptors (Lipinski definition) is 6. The van der Waals surface area contributed by atoms with Gasteiger partial charge < -0.3 is 9.47 Å².